The normalized spacial score (nSPS) is 15.9. The van der Waals surface area contributed by atoms with Gasteiger partial charge in [-0.3, -0.25) is 4.57 Å². The van der Waals surface area contributed by atoms with Crippen molar-refractivity contribution in [2.45, 2.75) is 0 Å². The van der Waals surface area contributed by atoms with Crippen molar-refractivity contribution in [2.75, 3.05) is 13.2 Å². The molecule has 0 aliphatic heterocycles. The van der Waals surface area contributed by atoms with Gasteiger partial charge in [-0.25, -0.2) is 0 Å². The molecule has 0 aliphatic carbocycles. The summed E-state index contributed by atoms with van der Waals surface area (Å²) in [5.74, 6) is 0. The van der Waals surface area contributed by atoms with Crippen molar-refractivity contribution < 1.29 is 41.3 Å². The molecule has 5 nitrogen and oxygen atoms in total. The van der Waals surface area contributed by atoms with Gasteiger partial charge < -0.3 is 20.0 Å². The Labute approximate surface area is 68.3 Å². The van der Waals surface area contributed by atoms with E-state index >= 15 is 0 Å². The predicted molar refractivity (Wildman–Crippen MR) is 24.8 cm³/mol. The standard InChI is InChI=1S/C2H8NO4P.Ag/c3-1-2-7-8(4,5)6;/h1-3H2,(H2,4,5,6);/q;+1/p-1. The minimum absolute atomic E-state index is 0. The van der Waals surface area contributed by atoms with Gasteiger partial charge in [-0.2, -0.15) is 0 Å². The molecule has 0 aromatic heterocycles. The molecule has 60 valence electrons. The van der Waals surface area contributed by atoms with Crippen molar-refractivity contribution in [3.05, 3.63) is 0 Å². The first-order valence-electron chi connectivity index (χ1n) is 1.94. The van der Waals surface area contributed by atoms with Gasteiger partial charge in [0.25, 0.3) is 7.82 Å². The summed E-state index contributed by atoms with van der Waals surface area (Å²) < 4.78 is 13.5. The molecule has 0 heterocycles. The second kappa shape index (κ2) is 5.58. The summed E-state index contributed by atoms with van der Waals surface area (Å²) in [5, 5.41) is 0. The van der Waals surface area contributed by atoms with Gasteiger partial charge in [0.1, 0.15) is 0 Å². The first-order chi connectivity index (χ1) is 3.56. The van der Waals surface area contributed by atoms with Crippen LogP contribution in [0.1, 0.15) is 0 Å². The molecule has 0 spiro atoms. The van der Waals surface area contributed by atoms with Crippen molar-refractivity contribution in [3.8, 4) is 0 Å². The van der Waals surface area contributed by atoms with E-state index in [0.717, 1.165) is 0 Å². The van der Waals surface area contributed by atoms with Gasteiger partial charge in [-0.05, 0) is 0 Å². The van der Waals surface area contributed by atoms with Crippen LogP contribution >= 0.6 is 7.82 Å². The zero-order valence-corrected chi connectivity index (χ0v) is 6.79. The molecule has 0 amide bonds. The minimum Gasteiger partial charge on any atom is -0.756 e. The van der Waals surface area contributed by atoms with E-state index in [1.54, 1.807) is 0 Å². The summed E-state index contributed by atoms with van der Waals surface area (Å²) in [5.41, 5.74) is 4.84. The Morgan fingerprint density at radius 2 is 2.22 bits per heavy atom. The number of nitrogens with two attached hydrogens (primary N) is 1. The third-order valence-electron chi connectivity index (χ3n) is 0.372. The van der Waals surface area contributed by atoms with Crippen LogP contribution in [0.5, 0.6) is 0 Å². The van der Waals surface area contributed by atoms with E-state index < -0.39 is 7.82 Å². The zero-order chi connectivity index (χ0) is 6.62. The average molecular weight is 248 g/mol. The second-order valence-corrected chi connectivity index (χ2v) is 2.29. The Bertz CT molecular complexity index is 103. The molecule has 0 saturated carbocycles. The number of hydrogen-bond donors (Lipinski definition) is 2. The molecule has 0 radical (unpaired) electrons. The van der Waals surface area contributed by atoms with Crippen LogP contribution in [-0.4, -0.2) is 18.0 Å². The largest absolute Gasteiger partial charge is 1.00 e. The summed E-state index contributed by atoms with van der Waals surface area (Å²) in [4.78, 5) is 17.6. The van der Waals surface area contributed by atoms with Gasteiger partial charge in [-0.1, -0.05) is 0 Å². The topological polar surface area (TPSA) is 95.6 Å². The van der Waals surface area contributed by atoms with Crippen molar-refractivity contribution >= 4 is 7.82 Å². The molecule has 0 saturated heterocycles. The average Bonchev–Trinajstić information content (AvgIpc) is 1.59. The van der Waals surface area contributed by atoms with Gasteiger partial charge >= 0.3 is 22.4 Å². The van der Waals surface area contributed by atoms with Crippen molar-refractivity contribution in [1.29, 1.82) is 0 Å². The monoisotopic (exact) mass is 247 g/mol. The maximum absolute atomic E-state index is 9.70. The molecule has 1 atom stereocenters. The van der Waals surface area contributed by atoms with Crippen LogP contribution in [0.2, 0.25) is 0 Å². The second-order valence-electron chi connectivity index (χ2n) is 1.09. The Kier molecular flexibility index (Phi) is 7.75. The van der Waals surface area contributed by atoms with Gasteiger partial charge in [-0.15, -0.1) is 0 Å². The van der Waals surface area contributed by atoms with Crippen LogP contribution in [-0.2, 0) is 31.5 Å². The van der Waals surface area contributed by atoms with E-state index in [0.29, 0.717) is 0 Å². The minimum atomic E-state index is -4.51. The Balaban J connectivity index is 0. The first-order valence-corrected chi connectivity index (χ1v) is 3.44. The third kappa shape index (κ3) is 12.1. The smallest absolute Gasteiger partial charge is 0.756 e. The van der Waals surface area contributed by atoms with Gasteiger partial charge in [0.15, 0.2) is 0 Å². The van der Waals surface area contributed by atoms with E-state index in [4.69, 9.17) is 10.6 Å². The van der Waals surface area contributed by atoms with Crippen LogP contribution in [0.15, 0.2) is 0 Å². The number of phosphoric ester groups is 1. The van der Waals surface area contributed by atoms with Gasteiger partial charge in [0.05, 0.1) is 6.61 Å². The van der Waals surface area contributed by atoms with E-state index in [9.17, 15) is 9.46 Å². The van der Waals surface area contributed by atoms with Crippen LogP contribution in [0, 0.1) is 0 Å². The van der Waals surface area contributed by atoms with Crippen molar-refractivity contribution in [3.63, 3.8) is 0 Å². The van der Waals surface area contributed by atoms with E-state index in [-0.39, 0.29) is 35.5 Å². The molecular formula is C2H7AgNO4P. The van der Waals surface area contributed by atoms with Crippen LogP contribution in [0.4, 0.5) is 0 Å². The quantitative estimate of drug-likeness (QED) is 0.464. The number of rotatable bonds is 3. The first kappa shape index (κ1) is 12.5. The van der Waals surface area contributed by atoms with E-state index in [1.807, 2.05) is 0 Å². The fourth-order valence-electron chi connectivity index (χ4n) is 0.168. The molecule has 0 fully saturated rings. The third-order valence-corrected chi connectivity index (χ3v) is 0.881. The molecule has 0 aromatic carbocycles. The van der Waals surface area contributed by atoms with Crippen molar-refractivity contribution in [1.82, 2.24) is 0 Å². The summed E-state index contributed by atoms with van der Waals surface area (Å²) in [6.45, 7) is -0.0932. The molecule has 0 rings (SSSR count). The molecule has 0 aromatic rings. The Morgan fingerprint density at radius 1 is 1.78 bits per heavy atom. The fraction of sp³-hybridized carbons (Fsp3) is 1.00. The van der Waals surface area contributed by atoms with E-state index in [1.165, 1.54) is 0 Å². The number of hydrogen-bond acceptors (Lipinski definition) is 4. The zero-order valence-electron chi connectivity index (χ0n) is 4.41. The summed E-state index contributed by atoms with van der Waals surface area (Å²) >= 11 is 0. The SMILES string of the molecule is NCCOP(=O)([O-])O.[Ag+]. The van der Waals surface area contributed by atoms with Crippen LogP contribution in [0.3, 0.4) is 0 Å². The van der Waals surface area contributed by atoms with Gasteiger partial charge in [0, 0.05) is 6.54 Å². The molecule has 3 N–H and O–H groups in total. The summed E-state index contributed by atoms with van der Waals surface area (Å²) in [6.07, 6.45) is 0. The van der Waals surface area contributed by atoms with E-state index in [2.05, 4.69) is 4.52 Å². The summed E-state index contributed by atoms with van der Waals surface area (Å²) in [7, 11) is -4.51. The Hall–Kier alpha value is 0.810. The molecule has 1 unspecified atom stereocenters. The van der Waals surface area contributed by atoms with Gasteiger partial charge in [0.2, 0.25) is 0 Å². The maximum atomic E-state index is 9.70. The molecule has 7 heteroatoms. The molecular weight excluding hydrogens is 241 g/mol. The molecule has 9 heavy (non-hydrogen) atoms. The maximum Gasteiger partial charge on any atom is 1.00 e. The summed E-state index contributed by atoms with van der Waals surface area (Å²) in [6, 6.07) is 0. The molecule has 0 bridgehead atoms. The predicted octanol–water partition coefficient (Wildman–Crippen LogP) is -1.58. The Morgan fingerprint density at radius 3 is 2.33 bits per heavy atom. The fourth-order valence-corrected chi connectivity index (χ4v) is 0.504. The number of phosphoric acid groups is 1. The molecule has 0 aliphatic rings. The van der Waals surface area contributed by atoms with Crippen LogP contribution in [0.25, 0.3) is 0 Å². The van der Waals surface area contributed by atoms with Crippen LogP contribution < -0.4 is 10.6 Å². The van der Waals surface area contributed by atoms with Crippen molar-refractivity contribution in [2.24, 2.45) is 5.73 Å².